The van der Waals surface area contributed by atoms with Gasteiger partial charge in [-0.2, -0.15) is 0 Å². The Morgan fingerprint density at radius 2 is 2.24 bits per heavy atom. The molecule has 0 saturated carbocycles. The highest BCUT2D eigenvalue weighted by Gasteiger charge is 2.31. The zero-order valence-corrected chi connectivity index (χ0v) is 11.5. The summed E-state index contributed by atoms with van der Waals surface area (Å²) in [4.78, 5) is 12.1. The van der Waals surface area contributed by atoms with Gasteiger partial charge in [-0.05, 0) is 46.0 Å². The van der Waals surface area contributed by atoms with Crippen molar-refractivity contribution in [2.75, 3.05) is 13.2 Å². The summed E-state index contributed by atoms with van der Waals surface area (Å²) >= 11 is 0. The molecule has 0 aromatic rings. The van der Waals surface area contributed by atoms with Crippen molar-refractivity contribution >= 4 is 5.78 Å². The lowest BCUT2D eigenvalue weighted by molar-refractivity contribution is -0.142. The Hall–Kier alpha value is -0.410. The first kappa shape index (κ1) is 14.7. The van der Waals surface area contributed by atoms with Gasteiger partial charge in [-0.15, -0.1) is 0 Å². The van der Waals surface area contributed by atoms with Crippen LogP contribution in [0.5, 0.6) is 0 Å². The molecule has 1 heterocycles. The average molecular weight is 242 g/mol. The molecule has 0 amide bonds. The SMILES string of the molecule is CCOC(C)(CC)C(=O)CCCC1CCCO1. The molecule has 1 fully saturated rings. The van der Waals surface area contributed by atoms with Gasteiger partial charge >= 0.3 is 0 Å². The maximum atomic E-state index is 12.1. The van der Waals surface area contributed by atoms with Crippen molar-refractivity contribution in [2.24, 2.45) is 0 Å². The van der Waals surface area contributed by atoms with Crippen molar-refractivity contribution in [3.8, 4) is 0 Å². The smallest absolute Gasteiger partial charge is 0.164 e. The van der Waals surface area contributed by atoms with Gasteiger partial charge in [0.15, 0.2) is 5.78 Å². The maximum Gasteiger partial charge on any atom is 0.164 e. The van der Waals surface area contributed by atoms with E-state index in [1.54, 1.807) is 0 Å². The van der Waals surface area contributed by atoms with Crippen LogP contribution >= 0.6 is 0 Å². The minimum absolute atomic E-state index is 0.236. The summed E-state index contributed by atoms with van der Waals surface area (Å²) < 4.78 is 11.1. The van der Waals surface area contributed by atoms with E-state index in [9.17, 15) is 4.79 Å². The fraction of sp³-hybridized carbons (Fsp3) is 0.929. The third kappa shape index (κ3) is 4.40. The minimum atomic E-state index is -0.578. The van der Waals surface area contributed by atoms with Crippen molar-refractivity contribution in [2.45, 2.75) is 71.0 Å². The zero-order valence-electron chi connectivity index (χ0n) is 11.5. The maximum absolute atomic E-state index is 12.1. The fourth-order valence-corrected chi connectivity index (χ4v) is 2.33. The van der Waals surface area contributed by atoms with Gasteiger partial charge in [-0.1, -0.05) is 6.92 Å². The highest BCUT2D eigenvalue weighted by Crippen LogP contribution is 2.22. The van der Waals surface area contributed by atoms with E-state index in [-0.39, 0.29) is 5.78 Å². The normalized spacial score (nSPS) is 23.6. The van der Waals surface area contributed by atoms with Gasteiger partial charge in [0.2, 0.25) is 0 Å². The van der Waals surface area contributed by atoms with Crippen molar-refractivity contribution < 1.29 is 14.3 Å². The molecule has 1 rings (SSSR count). The molecule has 0 aliphatic carbocycles. The van der Waals surface area contributed by atoms with Gasteiger partial charge in [0, 0.05) is 19.6 Å². The summed E-state index contributed by atoms with van der Waals surface area (Å²) in [5.41, 5.74) is -0.578. The molecule has 100 valence electrons. The van der Waals surface area contributed by atoms with Crippen LogP contribution < -0.4 is 0 Å². The van der Waals surface area contributed by atoms with Crippen LogP contribution in [-0.2, 0) is 14.3 Å². The molecular formula is C14H26O3. The van der Waals surface area contributed by atoms with Crippen LogP contribution in [0.3, 0.4) is 0 Å². The molecule has 1 saturated heterocycles. The van der Waals surface area contributed by atoms with Gasteiger partial charge in [0.1, 0.15) is 5.60 Å². The number of hydrogen-bond donors (Lipinski definition) is 0. The van der Waals surface area contributed by atoms with Crippen LogP contribution in [0.15, 0.2) is 0 Å². The summed E-state index contributed by atoms with van der Waals surface area (Å²) in [6.45, 7) is 7.35. The number of Topliss-reactive ketones (excluding diaryl/α,β-unsaturated/α-hetero) is 1. The Kier molecular flexibility index (Phi) is 6.14. The highest BCUT2D eigenvalue weighted by atomic mass is 16.5. The van der Waals surface area contributed by atoms with Crippen molar-refractivity contribution in [1.82, 2.24) is 0 Å². The summed E-state index contributed by atoms with van der Waals surface area (Å²) in [6, 6.07) is 0. The molecule has 1 aliphatic heterocycles. The molecule has 3 nitrogen and oxygen atoms in total. The van der Waals surface area contributed by atoms with Crippen LogP contribution in [0.2, 0.25) is 0 Å². The van der Waals surface area contributed by atoms with E-state index < -0.39 is 5.60 Å². The Balaban J connectivity index is 2.26. The number of ketones is 1. The van der Waals surface area contributed by atoms with E-state index >= 15 is 0 Å². The zero-order chi connectivity index (χ0) is 12.7. The second-order valence-electron chi connectivity index (χ2n) is 4.97. The van der Waals surface area contributed by atoms with Gasteiger partial charge in [-0.25, -0.2) is 0 Å². The first-order chi connectivity index (χ1) is 8.12. The third-order valence-electron chi connectivity index (χ3n) is 3.68. The highest BCUT2D eigenvalue weighted by molar-refractivity contribution is 5.86. The number of hydrogen-bond acceptors (Lipinski definition) is 3. The van der Waals surface area contributed by atoms with Gasteiger partial charge in [0.25, 0.3) is 0 Å². The summed E-state index contributed by atoms with van der Waals surface area (Å²) in [5, 5.41) is 0. The van der Waals surface area contributed by atoms with Crippen molar-refractivity contribution in [3.63, 3.8) is 0 Å². The molecule has 2 atom stereocenters. The van der Waals surface area contributed by atoms with Gasteiger partial charge < -0.3 is 9.47 Å². The Morgan fingerprint density at radius 3 is 2.76 bits per heavy atom. The quantitative estimate of drug-likeness (QED) is 0.656. The predicted octanol–water partition coefficient (Wildman–Crippen LogP) is 3.11. The largest absolute Gasteiger partial charge is 0.378 e. The molecule has 1 aliphatic rings. The van der Waals surface area contributed by atoms with E-state index in [0.29, 0.717) is 19.1 Å². The van der Waals surface area contributed by atoms with E-state index in [2.05, 4.69) is 0 Å². The molecule has 3 heteroatoms. The summed E-state index contributed by atoms with van der Waals surface area (Å²) in [5.74, 6) is 0.236. The second kappa shape index (κ2) is 7.12. The van der Waals surface area contributed by atoms with E-state index in [1.807, 2.05) is 20.8 Å². The van der Waals surface area contributed by atoms with Gasteiger partial charge in [0.05, 0.1) is 6.10 Å². The topological polar surface area (TPSA) is 35.5 Å². The Bertz CT molecular complexity index is 234. The lowest BCUT2D eigenvalue weighted by Crippen LogP contribution is -2.37. The first-order valence-electron chi connectivity index (χ1n) is 6.91. The van der Waals surface area contributed by atoms with Crippen LogP contribution in [0, 0.1) is 0 Å². The number of carbonyl (C=O) groups excluding carboxylic acids is 1. The number of ether oxygens (including phenoxy) is 2. The van der Waals surface area contributed by atoms with Crippen LogP contribution in [0.4, 0.5) is 0 Å². The molecule has 2 unspecified atom stereocenters. The Labute approximate surface area is 105 Å². The fourth-order valence-electron chi connectivity index (χ4n) is 2.33. The Morgan fingerprint density at radius 1 is 1.47 bits per heavy atom. The number of rotatable bonds is 8. The molecular weight excluding hydrogens is 216 g/mol. The van der Waals surface area contributed by atoms with Crippen LogP contribution in [0.1, 0.15) is 59.3 Å². The summed E-state index contributed by atoms with van der Waals surface area (Å²) in [7, 11) is 0. The van der Waals surface area contributed by atoms with Crippen molar-refractivity contribution in [3.05, 3.63) is 0 Å². The standard InChI is InChI=1S/C14H26O3/c1-4-14(3,17-5-2)13(15)10-6-8-12-9-7-11-16-12/h12H,4-11H2,1-3H3. The number of carbonyl (C=O) groups is 1. The molecule has 0 bridgehead atoms. The monoisotopic (exact) mass is 242 g/mol. The summed E-state index contributed by atoms with van der Waals surface area (Å²) in [6.07, 6.45) is 6.02. The van der Waals surface area contributed by atoms with E-state index in [4.69, 9.17) is 9.47 Å². The van der Waals surface area contributed by atoms with E-state index in [0.717, 1.165) is 32.3 Å². The molecule has 0 aromatic heterocycles. The second-order valence-corrected chi connectivity index (χ2v) is 4.97. The minimum Gasteiger partial charge on any atom is -0.378 e. The molecule has 17 heavy (non-hydrogen) atoms. The molecule has 0 radical (unpaired) electrons. The molecule has 0 aromatic carbocycles. The predicted molar refractivity (Wildman–Crippen MR) is 68.2 cm³/mol. The van der Waals surface area contributed by atoms with Crippen LogP contribution in [0.25, 0.3) is 0 Å². The van der Waals surface area contributed by atoms with Gasteiger partial charge in [-0.3, -0.25) is 4.79 Å². The molecule has 0 N–H and O–H groups in total. The molecule has 0 spiro atoms. The first-order valence-corrected chi connectivity index (χ1v) is 6.91. The average Bonchev–Trinajstić information content (AvgIpc) is 2.82. The third-order valence-corrected chi connectivity index (χ3v) is 3.68. The van der Waals surface area contributed by atoms with Crippen molar-refractivity contribution in [1.29, 1.82) is 0 Å². The van der Waals surface area contributed by atoms with E-state index in [1.165, 1.54) is 6.42 Å². The lowest BCUT2D eigenvalue weighted by Gasteiger charge is -2.26. The lowest BCUT2D eigenvalue weighted by atomic mass is 9.93. The van der Waals surface area contributed by atoms with Crippen LogP contribution in [-0.4, -0.2) is 30.7 Å².